The van der Waals surface area contributed by atoms with Gasteiger partial charge in [0.25, 0.3) is 5.91 Å². The highest BCUT2D eigenvalue weighted by Crippen LogP contribution is 2.33. The van der Waals surface area contributed by atoms with Gasteiger partial charge in [0.1, 0.15) is 12.0 Å². The first-order chi connectivity index (χ1) is 10.7. The van der Waals surface area contributed by atoms with Crippen LogP contribution in [0.3, 0.4) is 0 Å². The average molecular weight is 298 g/mol. The van der Waals surface area contributed by atoms with Crippen LogP contribution in [-0.4, -0.2) is 23.9 Å². The number of carbonyl (C=O) groups excluding carboxylic acids is 1. The topological polar surface area (TPSA) is 59.5 Å². The third-order valence-corrected chi connectivity index (χ3v) is 4.52. The van der Waals surface area contributed by atoms with Crippen LogP contribution in [0.25, 0.3) is 0 Å². The highest BCUT2D eigenvalue weighted by Gasteiger charge is 2.30. The zero-order valence-corrected chi connectivity index (χ0v) is 12.9. The van der Waals surface area contributed by atoms with Crippen LogP contribution in [0.5, 0.6) is 0 Å². The minimum Gasteiger partial charge on any atom is -0.467 e. The number of nitrogens with two attached hydrogens (primary N) is 1. The minimum absolute atomic E-state index is 0.0433. The van der Waals surface area contributed by atoms with Crippen LogP contribution >= 0.6 is 0 Å². The molecule has 1 aliphatic heterocycles. The summed E-state index contributed by atoms with van der Waals surface area (Å²) in [5.41, 5.74) is 7.50. The van der Waals surface area contributed by atoms with Crippen LogP contribution in [0, 0.1) is 5.92 Å². The lowest BCUT2D eigenvalue weighted by molar-refractivity contribution is 0.0660. The number of nitrogens with zero attached hydrogens (tertiary/aromatic N) is 1. The number of hydrogen-bond donors (Lipinski definition) is 1. The summed E-state index contributed by atoms with van der Waals surface area (Å²) >= 11 is 0. The van der Waals surface area contributed by atoms with Crippen molar-refractivity contribution in [3.63, 3.8) is 0 Å². The Kier molecular flexibility index (Phi) is 4.29. The molecule has 2 aromatic rings. The third-order valence-electron chi connectivity index (χ3n) is 4.52. The van der Waals surface area contributed by atoms with Gasteiger partial charge in [-0.15, -0.1) is 0 Å². The summed E-state index contributed by atoms with van der Waals surface area (Å²) in [6.45, 7) is 4.10. The SMILES string of the molecule is CC1CN(C(=O)c2coc(CN)c2)CCC1c1ccccc1. The van der Waals surface area contributed by atoms with E-state index in [9.17, 15) is 4.79 Å². The van der Waals surface area contributed by atoms with Crippen LogP contribution in [0.4, 0.5) is 0 Å². The van der Waals surface area contributed by atoms with Crippen molar-refractivity contribution in [2.24, 2.45) is 11.7 Å². The van der Waals surface area contributed by atoms with E-state index in [0.717, 1.165) is 19.5 Å². The Morgan fingerprint density at radius 3 is 2.77 bits per heavy atom. The van der Waals surface area contributed by atoms with E-state index >= 15 is 0 Å². The molecule has 116 valence electrons. The van der Waals surface area contributed by atoms with Gasteiger partial charge in [-0.05, 0) is 29.9 Å². The van der Waals surface area contributed by atoms with Gasteiger partial charge in [-0.1, -0.05) is 37.3 Å². The Balaban J connectivity index is 1.68. The number of piperidine rings is 1. The van der Waals surface area contributed by atoms with Gasteiger partial charge in [0.05, 0.1) is 12.1 Å². The second-order valence-electron chi connectivity index (χ2n) is 6.04. The maximum Gasteiger partial charge on any atom is 0.257 e. The molecule has 0 aliphatic carbocycles. The molecule has 0 bridgehead atoms. The van der Waals surface area contributed by atoms with E-state index in [2.05, 4.69) is 31.2 Å². The molecule has 1 saturated heterocycles. The van der Waals surface area contributed by atoms with Gasteiger partial charge in [-0.2, -0.15) is 0 Å². The highest BCUT2D eigenvalue weighted by atomic mass is 16.3. The molecule has 1 aliphatic rings. The number of hydrogen-bond acceptors (Lipinski definition) is 3. The van der Waals surface area contributed by atoms with Crippen molar-refractivity contribution in [1.29, 1.82) is 0 Å². The maximum absolute atomic E-state index is 12.5. The molecule has 2 N–H and O–H groups in total. The van der Waals surface area contributed by atoms with E-state index in [1.807, 2.05) is 11.0 Å². The van der Waals surface area contributed by atoms with Crippen LogP contribution < -0.4 is 5.73 Å². The van der Waals surface area contributed by atoms with Gasteiger partial charge in [-0.25, -0.2) is 0 Å². The maximum atomic E-state index is 12.5. The fourth-order valence-electron chi connectivity index (χ4n) is 3.31. The van der Waals surface area contributed by atoms with Crippen molar-refractivity contribution >= 4 is 5.91 Å². The molecular formula is C18H22N2O2. The van der Waals surface area contributed by atoms with E-state index in [1.165, 1.54) is 11.8 Å². The molecule has 0 radical (unpaired) electrons. The third kappa shape index (κ3) is 2.92. The molecule has 3 rings (SSSR count). The average Bonchev–Trinajstić information content (AvgIpc) is 3.04. The number of carbonyl (C=O) groups is 1. The van der Waals surface area contributed by atoms with Crippen molar-refractivity contribution in [2.45, 2.75) is 25.8 Å². The van der Waals surface area contributed by atoms with Crippen molar-refractivity contribution in [1.82, 2.24) is 4.90 Å². The fraction of sp³-hybridized carbons (Fsp3) is 0.389. The summed E-state index contributed by atoms with van der Waals surface area (Å²) in [7, 11) is 0. The van der Waals surface area contributed by atoms with Gasteiger partial charge < -0.3 is 15.1 Å². The molecule has 1 aromatic heterocycles. The Bertz CT molecular complexity index is 636. The van der Waals surface area contributed by atoms with Crippen molar-refractivity contribution in [2.75, 3.05) is 13.1 Å². The first-order valence-corrected chi connectivity index (χ1v) is 7.80. The zero-order chi connectivity index (χ0) is 15.5. The molecular weight excluding hydrogens is 276 g/mol. The molecule has 1 fully saturated rings. The summed E-state index contributed by atoms with van der Waals surface area (Å²) in [5, 5.41) is 0. The van der Waals surface area contributed by atoms with Crippen LogP contribution in [0.15, 0.2) is 47.1 Å². The molecule has 2 heterocycles. The highest BCUT2D eigenvalue weighted by molar-refractivity contribution is 5.94. The van der Waals surface area contributed by atoms with Gasteiger partial charge >= 0.3 is 0 Å². The lowest BCUT2D eigenvalue weighted by atomic mass is 9.81. The Morgan fingerprint density at radius 1 is 1.36 bits per heavy atom. The van der Waals surface area contributed by atoms with Crippen LogP contribution in [-0.2, 0) is 6.54 Å². The Morgan fingerprint density at radius 2 is 2.14 bits per heavy atom. The number of benzene rings is 1. The summed E-state index contributed by atoms with van der Waals surface area (Å²) in [6, 6.07) is 12.3. The molecule has 0 saturated carbocycles. The smallest absolute Gasteiger partial charge is 0.257 e. The van der Waals surface area contributed by atoms with Gasteiger partial charge in [0.2, 0.25) is 0 Å². The lowest BCUT2D eigenvalue weighted by Crippen LogP contribution is -2.42. The number of amides is 1. The monoisotopic (exact) mass is 298 g/mol. The number of rotatable bonds is 3. The summed E-state index contributed by atoms with van der Waals surface area (Å²) in [4.78, 5) is 14.5. The van der Waals surface area contributed by atoms with Crippen LogP contribution in [0.2, 0.25) is 0 Å². The largest absolute Gasteiger partial charge is 0.467 e. The lowest BCUT2D eigenvalue weighted by Gasteiger charge is -2.37. The molecule has 0 spiro atoms. The molecule has 1 amide bonds. The molecule has 1 aromatic carbocycles. The van der Waals surface area contributed by atoms with E-state index in [-0.39, 0.29) is 5.91 Å². The summed E-state index contributed by atoms with van der Waals surface area (Å²) < 4.78 is 5.27. The molecule has 4 nitrogen and oxygen atoms in total. The second kappa shape index (κ2) is 6.36. The van der Waals surface area contributed by atoms with Crippen LogP contribution in [0.1, 0.15) is 40.9 Å². The quantitative estimate of drug-likeness (QED) is 0.947. The minimum atomic E-state index is 0.0433. The van der Waals surface area contributed by atoms with Crippen molar-refractivity contribution in [3.8, 4) is 0 Å². The molecule has 4 heteroatoms. The molecule has 2 atom stereocenters. The number of likely N-dealkylation sites (tertiary alicyclic amines) is 1. The fourth-order valence-corrected chi connectivity index (χ4v) is 3.31. The van der Waals surface area contributed by atoms with E-state index < -0.39 is 0 Å². The van der Waals surface area contributed by atoms with Crippen molar-refractivity contribution < 1.29 is 9.21 Å². The number of furan rings is 1. The molecule has 2 unspecified atom stereocenters. The zero-order valence-electron chi connectivity index (χ0n) is 12.9. The van der Waals surface area contributed by atoms with Gasteiger partial charge in [0.15, 0.2) is 0 Å². The summed E-state index contributed by atoms with van der Waals surface area (Å²) in [6.07, 6.45) is 2.51. The van der Waals surface area contributed by atoms with Crippen molar-refractivity contribution in [3.05, 3.63) is 59.5 Å². The Hall–Kier alpha value is -2.07. The van der Waals surface area contributed by atoms with E-state index in [1.54, 1.807) is 6.07 Å². The second-order valence-corrected chi connectivity index (χ2v) is 6.04. The Labute approximate surface area is 130 Å². The predicted octanol–water partition coefficient (Wildman–Crippen LogP) is 3.00. The first kappa shape index (κ1) is 14.9. The molecule has 22 heavy (non-hydrogen) atoms. The van der Waals surface area contributed by atoms with E-state index in [0.29, 0.717) is 29.7 Å². The van der Waals surface area contributed by atoms with Gasteiger partial charge in [-0.3, -0.25) is 4.79 Å². The standard InChI is InChI=1S/C18H22N2O2/c1-13-11-20(18(21)15-9-16(10-19)22-12-15)8-7-17(13)14-5-3-2-4-6-14/h2-6,9,12-13,17H,7-8,10-11,19H2,1H3. The first-order valence-electron chi connectivity index (χ1n) is 7.80. The van der Waals surface area contributed by atoms with E-state index in [4.69, 9.17) is 10.2 Å². The van der Waals surface area contributed by atoms with Gasteiger partial charge in [0, 0.05) is 13.1 Å². The summed E-state index contributed by atoms with van der Waals surface area (Å²) in [5.74, 6) is 1.66. The predicted molar refractivity (Wildman–Crippen MR) is 85.5 cm³/mol. The normalized spacial score (nSPS) is 21.8.